The fraction of sp³-hybridized carbons (Fsp3) is 0.174. The number of carbonyl (C=O) groups is 1. The summed E-state index contributed by atoms with van der Waals surface area (Å²) in [6.45, 7) is 2.11. The van der Waals surface area contributed by atoms with Gasteiger partial charge < -0.3 is 19.5 Å². The molecule has 0 aliphatic rings. The zero-order chi connectivity index (χ0) is 24.0. The number of methoxy groups -OCH3 is 2. The highest BCUT2D eigenvalue weighted by Gasteiger charge is 2.19. The van der Waals surface area contributed by atoms with E-state index in [0.29, 0.717) is 34.4 Å². The van der Waals surface area contributed by atoms with Gasteiger partial charge in [-0.25, -0.2) is 8.42 Å². The zero-order valence-corrected chi connectivity index (χ0v) is 19.8. The van der Waals surface area contributed by atoms with Crippen LogP contribution >= 0.6 is 11.6 Å². The molecule has 0 aromatic heterocycles. The third-order valence-electron chi connectivity index (χ3n) is 4.53. The summed E-state index contributed by atoms with van der Waals surface area (Å²) < 4.78 is 44.5. The molecule has 10 heteroatoms. The van der Waals surface area contributed by atoms with E-state index in [-0.39, 0.29) is 16.3 Å². The number of anilines is 2. The first kappa shape index (κ1) is 24.2. The number of rotatable bonds is 9. The summed E-state index contributed by atoms with van der Waals surface area (Å²) in [5.41, 5.74) is 0.810. The molecule has 0 saturated carbocycles. The van der Waals surface area contributed by atoms with Gasteiger partial charge in [-0.15, -0.1) is 0 Å². The second-order valence-corrected chi connectivity index (χ2v) is 8.85. The number of hydrogen-bond acceptors (Lipinski definition) is 6. The van der Waals surface area contributed by atoms with Crippen molar-refractivity contribution in [2.75, 3.05) is 30.9 Å². The van der Waals surface area contributed by atoms with E-state index in [1.807, 2.05) is 0 Å². The van der Waals surface area contributed by atoms with Gasteiger partial charge in [-0.3, -0.25) is 9.52 Å². The average Bonchev–Trinajstić information content (AvgIpc) is 2.79. The summed E-state index contributed by atoms with van der Waals surface area (Å²) in [7, 11) is -1.05. The fourth-order valence-corrected chi connectivity index (χ4v) is 4.26. The lowest BCUT2D eigenvalue weighted by molar-refractivity contribution is 0.102. The Morgan fingerprint density at radius 2 is 1.67 bits per heavy atom. The summed E-state index contributed by atoms with van der Waals surface area (Å²) in [5, 5.41) is 3.10. The van der Waals surface area contributed by atoms with Crippen molar-refractivity contribution < 1.29 is 27.4 Å². The van der Waals surface area contributed by atoms with Gasteiger partial charge in [0.25, 0.3) is 15.9 Å². The van der Waals surface area contributed by atoms with Crippen LogP contribution in [0.1, 0.15) is 17.3 Å². The van der Waals surface area contributed by atoms with E-state index in [2.05, 4.69) is 10.0 Å². The SMILES string of the molecule is CCOc1ccc(S(=O)(=O)Nc2ccc(OC)c(OC)c2)cc1NC(=O)c1cccc(Cl)c1. The first-order valence-electron chi connectivity index (χ1n) is 9.86. The van der Waals surface area contributed by atoms with Crippen LogP contribution < -0.4 is 24.2 Å². The maximum atomic E-state index is 13.0. The van der Waals surface area contributed by atoms with E-state index < -0.39 is 15.9 Å². The Morgan fingerprint density at radius 1 is 0.939 bits per heavy atom. The standard InChI is InChI=1S/C23H23ClN2O6S/c1-4-32-20-11-9-18(14-19(20)25-23(27)15-6-5-7-16(24)12-15)33(28,29)26-17-8-10-21(30-2)22(13-17)31-3/h5-14,26H,4H2,1-3H3,(H,25,27). The zero-order valence-electron chi connectivity index (χ0n) is 18.2. The van der Waals surface area contributed by atoms with Gasteiger partial charge in [0.1, 0.15) is 5.75 Å². The molecule has 0 atom stereocenters. The molecule has 3 aromatic rings. The van der Waals surface area contributed by atoms with Crippen LogP contribution in [0, 0.1) is 0 Å². The highest BCUT2D eigenvalue weighted by atomic mass is 35.5. The Hall–Kier alpha value is -3.43. The second-order valence-electron chi connectivity index (χ2n) is 6.73. The van der Waals surface area contributed by atoms with Crippen LogP contribution in [-0.2, 0) is 10.0 Å². The first-order valence-corrected chi connectivity index (χ1v) is 11.7. The van der Waals surface area contributed by atoms with Crippen LogP contribution in [0.5, 0.6) is 17.2 Å². The van der Waals surface area contributed by atoms with Gasteiger partial charge in [-0.2, -0.15) is 0 Å². The Bertz CT molecular complexity index is 1260. The van der Waals surface area contributed by atoms with Crippen molar-refractivity contribution in [2.45, 2.75) is 11.8 Å². The van der Waals surface area contributed by atoms with Crippen LogP contribution in [0.4, 0.5) is 11.4 Å². The van der Waals surface area contributed by atoms with Gasteiger partial charge >= 0.3 is 0 Å². The third kappa shape index (κ3) is 5.88. The van der Waals surface area contributed by atoms with Crippen molar-refractivity contribution in [1.29, 1.82) is 0 Å². The van der Waals surface area contributed by atoms with Crippen molar-refractivity contribution in [3.8, 4) is 17.2 Å². The van der Waals surface area contributed by atoms with Gasteiger partial charge in [-0.05, 0) is 55.5 Å². The largest absolute Gasteiger partial charge is 0.493 e. The molecule has 0 unspecified atom stereocenters. The van der Waals surface area contributed by atoms with Gasteiger partial charge in [0.15, 0.2) is 11.5 Å². The minimum Gasteiger partial charge on any atom is -0.493 e. The minimum atomic E-state index is -3.99. The summed E-state index contributed by atoms with van der Waals surface area (Å²) >= 11 is 5.97. The van der Waals surface area contributed by atoms with Crippen LogP contribution in [0.25, 0.3) is 0 Å². The molecular weight excluding hydrogens is 468 g/mol. The van der Waals surface area contributed by atoms with Crippen molar-refractivity contribution in [1.82, 2.24) is 0 Å². The second kappa shape index (κ2) is 10.5. The lowest BCUT2D eigenvalue weighted by atomic mass is 10.2. The molecule has 8 nitrogen and oxygen atoms in total. The minimum absolute atomic E-state index is 0.0675. The van der Waals surface area contributed by atoms with Gasteiger partial charge in [0, 0.05) is 16.7 Å². The number of benzene rings is 3. The topological polar surface area (TPSA) is 103 Å². The lowest BCUT2D eigenvalue weighted by Gasteiger charge is -2.15. The molecule has 3 rings (SSSR count). The molecule has 1 amide bonds. The molecular formula is C23H23ClN2O6S. The molecule has 0 aliphatic carbocycles. The Kier molecular flexibility index (Phi) is 7.67. The van der Waals surface area contributed by atoms with E-state index in [4.69, 9.17) is 25.8 Å². The molecule has 0 bridgehead atoms. The number of halogens is 1. The molecule has 0 heterocycles. The molecule has 0 aliphatic heterocycles. The Morgan fingerprint density at radius 3 is 2.33 bits per heavy atom. The normalized spacial score (nSPS) is 10.9. The van der Waals surface area contributed by atoms with E-state index in [1.54, 1.807) is 37.3 Å². The number of nitrogens with one attached hydrogen (secondary N) is 2. The smallest absolute Gasteiger partial charge is 0.261 e. The van der Waals surface area contributed by atoms with E-state index >= 15 is 0 Å². The predicted octanol–water partition coefficient (Wildman–Crippen LogP) is 4.81. The van der Waals surface area contributed by atoms with E-state index in [9.17, 15) is 13.2 Å². The number of ether oxygens (including phenoxy) is 3. The Labute approximate surface area is 197 Å². The molecule has 3 aromatic carbocycles. The number of hydrogen-bond donors (Lipinski definition) is 2. The van der Waals surface area contributed by atoms with Gasteiger partial charge in [0.2, 0.25) is 0 Å². The summed E-state index contributed by atoms with van der Waals surface area (Å²) in [6.07, 6.45) is 0. The molecule has 0 fully saturated rings. The van der Waals surface area contributed by atoms with Crippen LogP contribution in [0.15, 0.2) is 65.6 Å². The molecule has 0 radical (unpaired) electrons. The number of amides is 1. The number of sulfonamides is 1. The maximum Gasteiger partial charge on any atom is 0.261 e. The quantitative estimate of drug-likeness (QED) is 0.446. The van der Waals surface area contributed by atoms with Gasteiger partial charge in [0.05, 0.1) is 37.1 Å². The summed E-state index contributed by atoms with van der Waals surface area (Å²) in [4.78, 5) is 12.6. The molecule has 174 valence electrons. The highest BCUT2D eigenvalue weighted by molar-refractivity contribution is 7.92. The highest BCUT2D eigenvalue weighted by Crippen LogP contribution is 2.32. The number of carbonyl (C=O) groups excluding carboxylic acids is 1. The molecule has 0 spiro atoms. The fourth-order valence-electron chi connectivity index (χ4n) is 2.99. The van der Waals surface area contributed by atoms with Crippen LogP contribution in [0.3, 0.4) is 0 Å². The average molecular weight is 491 g/mol. The van der Waals surface area contributed by atoms with Crippen LogP contribution in [-0.4, -0.2) is 35.2 Å². The maximum absolute atomic E-state index is 13.0. The van der Waals surface area contributed by atoms with Crippen molar-refractivity contribution >= 4 is 38.9 Å². The molecule has 0 saturated heterocycles. The lowest BCUT2D eigenvalue weighted by Crippen LogP contribution is -2.16. The molecule has 2 N–H and O–H groups in total. The summed E-state index contributed by atoms with van der Waals surface area (Å²) in [5.74, 6) is 0.713. The van der Waals surface area contributed by atoms with Gasteiger partial charge in [-0.1, -0.05) is 17.7 Å². The Balaban J connectivity index is 1.92. The third-order valence-corrected chi connectivity index (χ3v) is 6.15. The van der Waals surface area contributed by atoms with E-state index in [0.717, 1.165) is 0 Å². The first-order chi connectivity index (χ1) is 15.8. The van der Waals surface area contributed by atoms with E-state index in [1.165, 1.54) is 44.6 Å². The summed E-state index contributed by atoms with van der Waals surface area (Å²) in [6, 6.07) is 15.3. The van der Waals surface area contributed by atoms with Crippen molar-refractivity contribution in [3.05, 3.63) is 71.2 Å². The van der Waals surface area contributed by atoms with Crippen LogP contribution in [0.2, 0.25) is 5.02 Å². The molecule has 33 heavy (non-hydrogen) atoms. The predicted molar refractivity (Wildman–Crippen MR) is 127 cm³/mol. The van der Waals surface area contributed by atoms with Crippen molar-refractivity contribution in [2.24, 2.45) is 0 Å². The monoisotopic (exact) mass is 490 g/mol. The van der Waals surface area contributed by atoms with Crippen molar-refractivity contribution in [3.63, 3.8) is 0 Å².